The summed E-state index contributed by atoms with van der Waals surface area (Å²) in [6, 6.07) is 9.41. The number of hydrogen-bond donors (Lipinski definition) is 0. The Morgan fingerprint density at radius 1 is 1.25 bits per heavy atom. The number of furan rings is 1. The zero-order valence-electron chi connectivity index (χ0n) is 17.7. The smallest absolute Gasteiger partial charge is 0.338 e. The third-order valence-electron chi connectivity index (χ3n) is 4.79. The second-order valence-corrected chi connectivity index (χ2v) is 7.99. The van der Waals surface area contributed by atoms with Crippen LogP contribution in [0.5, 0.6) is 5.75 Å². The average Bonchev–Trinajstić information content (AvgIpc) is 3.36. The maximum absolute atomic E-state index is 13.4. The molecule has 0 fully saturated rings. The van der Waals surface area contributed by atoms with Gasteiger partial charge in [-0.2, -0.15) is 0 Å². The summed E-state index contributed by atoms with van der Waals surface area (Å²) in [4.78, 5) is 42.4. The number of carbonyl (C=O) groups is 2. The standard InChI is InChI=1S/C23H20N2O6S/c1-4-29-22(28)19-13(2)24-23-25(21(27)18(32-23)12-17-6-5-11-30-17)20(19)15-7-9-16(10-8-15)31-14(3)26/h5-12,20H,4H2,1-3H3/b18-12-/t20-/m0/s1. The van der Waals surface area contributed by atoms with Gasteiger partial charge >= 0.3 is 11.9 Å². The number of rotatable bonds is 5. The number of allylic oxidation sites excluding steroid dienone is 1. The summed E-state index contributed by atoms with van der Waals surface area (Å²) in [5, 5.41) is 0. The molecule has 4 rings (SSSR count). The average molecular weight is 452 g/mol. The van der Waals surface area contributed by atoms with E-state index < -0.39 is 18.0 Å². The minimum atomic E-state index is -0.740. The van der Waals surface area contributed by atoms with Gasteiger partial charge in [0, 0.05) is 13.0 Å². The lowest BCUT2D eigenvalue weighted by Crippen LogP contribution is -2.39. The van der Waals surface area contributed by atoms with Crippen LogP contribution >= 0.6 is 11.3 Å². The summed E-state index contributed by atoms with van der Waals surface area (Å²) in [7, 11) is 0. The Morgan fingerprint density at radius 3 is 2.62 bits per heavy atom. The summed E-state index contributed by atoms with van der Waals surface area (Å²) in [6.45, 7) is 4.94. The van der Waals surface area contributed by atoms with Crippen LogP contribution in [0.1, 0.15) is 38.1 Å². The third-order valence-corrected chi connectivity index (χ3v) is 5.77. The lowest BCUT2D eigenvalue weighted by molar-refractivity contribution is -0.139. The molecule has 9 heteroatoms. The Morgan fingerprint density at radius 2 is 2.00 bits per heavy atom. The first-order valence-electron chi connectivity index (χ1n) is 9.90. The van der Waals surface area contributed by atoms with Crippen molar-refractivity contribution in [1.82, 2.24) is 4.57 Å². The van der Waals surface area contributed by atoms with Crippen molar-refractivity contribution in [2.24, 2.45) is 4.99 Å². The molecule has 3 aromatic rings. The second-order valence-electron chi connectivity index (χ2n) is 6.98. The third kappa shape index (κ3) is 4.06. The van der Waals surface area contributed by atoms with Crippen LogP contribution < -0.4 is 19.6 Å². The number of esters is 2. The quantitative estimate of drug-likeness (QED) is 0.435. The van der Waals surface area contributed by atoms with E-state index in [0.29, 0.717) is 32.1 Å². The van der Waals surface area contributed by atoms with E-state index in [2.05, 4.69) is 4.99 Å². The van der Waals surface area contributed by atoms with E-state index in [4.69, 9.17) is 13.9 Å². The lowest BCUT2D eigenvalue weighted by atomic mass is 9.96. The maximum atomic E-state index is 13.4. The Balaban J connectivity index is 1.90. The molecule has 32 heavy (non-hydrogen) atoms. The zero-order valence-corrected chi connectivity index (χ0v) is 18.5. The fourth-order valence-electron chi connectivity index (χ4n) is 3.49. The van der Waals surface area contributed by atoms with Gasteiger partial charge in [0.05, 0.1) is 34.7 Å². The number of ether oxygens (including phenoxy) is 2. The number of benzene rings is 1. The SMILES string of the molecule is CCOC(=O)C1=C(C)N=c2s/c(=C\c3ccco3)c(=O)n2[C@H]1c1ccc(OC(C)=O)cc1. The first kappa shape index (κ1) is 21.5. The number of nitrogens with zero attached hydrogens (tertiary/aromatic N) is 2. The molecule has 0 saturated heterocycles. The molecule has 8 nitrogen and oxygen atoms in total. The Kier molecular flexibility index (Phi) is 5.91. The Bertz CT molecular complexity index is 1380. The maximum Gasteiger partial charge on any atom is 0.338 e. The highest BCUT2D eigenvalue weighted by Crippen LogP contribution is 2.31. The number of aromatic nitrogens is 1. The minimum absolute atomic E-state index is 0.191. The van der Waals surface area contributed by atoms with Crippen molar-refractivity contribution in [1.29, 1.82) is 0 Å². The van der Waals surface area contributed by atoms with E-state index in [1.165, 1.54) is 29.1 Å². The fourth-order valence-corrected chi connectivity index (χ4v) is 4.52. The second kappa shape index (κ2) is 8.80. The van der Waals surface area contributed by atoms with Gasteiger partial charge in [0.1, 0.15) is 11.5 Å². The van der Waals surface area contributed by atoms with Gasteiger partial charge in [0.15, 0.2) is 4.80 Å². The molecule has 3 heterocycles. The molecule has 1 aromatic carbocycles. The van der Waals surface area contributed by atoms with Gasteiger partial charge in [-0.3, -0.25) is 14.2 Å². The van der Waals surface area contributed by atoms with Gasteiger partial charge in [-0.1, -0.05) is 23.5 Å². The van der Waals surface area contributed by atoms with Crippen molar-refractivity contribution in [2.45, 2.75) is 26.8 Å². The summed E-state index contributed by atoms with van der Waals surface area (Å²) in [5.41, 5.74) is 1.12. The van der Waals surface area contributed by atoms with Crippen molar-refractivity contribution in [3.63, 3.8) is 0 Å². The molecule has 1 atom stereocenters. The molecule has 0 aliphatic carbocycles. The first-order chi connectivity index (χ1) is 15.4. The topological polar surface area (TPSA) is 100 Å². The van der Waals surface area contributed by atoms with E-state index in [-0.39, 0.29) is 17.7 Å². The molecule has 0 bridgehead atoms. The molecule has 0 radical (unpaired) electrons. The van der Waals surface area contributed by atoms with Crippen LogP contribution in [0.2, 0.25) is 0 Å². The molecule has 0 unspecified atom stereocenters. The van der Waals surface area contributed by atoms with E-state index in [1.54, 1.807) is 56.3 Å². The van der Waals surface area contributed by atoms with Crippen molar-refractivity contribution < 1.29 is 23.5 Å². The summed E-state index contributed by atoms with van der Waals surface area (Å²) in [5.74, 6) is -0.0708. The van der Waals surface area contributed by atoms with Crippen molar-refractivity contribution >= 4 is 29.4 Å². The summed E-state index contributed by atoms with van der Waals surface area (Å²) >= 11 is 1.21. The molecule has 0 amide bonds. The van der Waals surface area contributed by atoms with Gasteiger partial charge < -0.3 is 13.9 Å². The number of hydrogen-bond acceptors (Lipinski definition) is 8. The van der Waals surface area contributed by atoms with Gasteiger partial charge in [-0.15, -0.1) is 0 Å². The number of carbonyl (C=O) groups excluding carboxylic acids is 2. The van der Waals surface area contributed by atoms with Crippen molar-refractivity contribution in [2.75, 3.05) is 6.61 Å². The molecular weight excluding hydrogens is 432 g/mol. The molecule has 0 spiro atoms. The van der Waals surface area contributed by atoms with Crippen LogP contribution in [0.3, 0.4) is 0 Å². The van der Waals surface area contributed by atoms with E-state index >= 15 is 0 Å². The van der Waals surface area contributed by atoms with Crippen molar-refractivity contribution in [3.05, 3.63) is 84.9 Å². The van der Waals surface area contributed by atoms with Crippen LogP contribution in [0, 0.1) is 0 Å². The molecule has 1 aliphatic heterocycles. The van der Waals surface area contributed by atoms with E-state index in [9.17, 15) is 14.4 Å². The Labute approximate surface area is 186 Å². The molecular formula is C23H20N2O6S. The molecule has 0 saturated carbocycles. The number of thiazole rings is 1. The van der Waals surface area contributed by atoms with Gasteiger partial charge in [-0.05, 0) is 43.7 Å². The van der Waals surface area contributed by atoms with Gasteiger partial charge in [-0.25, -0.2) is 9.79 Å². The lowest BCUT2D eigenvalue weighted by Gasteiger charge is -2.24. The highest BCUT2D eigenvalue weighted by Gasteiger charge is 2.33. The normalized spacial score (nSPS) is 15.8. The summed E-state index contributed by atoms with van der Waals surface area (Å²) < 4.78 is 17.6. The molecule has 0 N–H and O–H groups in total. The van der Waals surface area contributed by atoms with Crippen LogP contribution in [0.4, 0.5) is 0 Å². The van der Waals surface area contributed by atoms with Crippen LogP contribution in [-0.4, -0.2) is 23.1 Å². The highest BCUT2D eigenvalue weighted by atomic mass is 32.1. The predicted octanol–water partition coefficient (Wildman–Crippen LogP) is 2.32. The van der Waals surface area contributed by atoms with Crippen LogP contribution in [0.15, 0.2) is 68.1 Å². The largest absolute Gasteiger partial charge is 0.465 e. The minimum Gasteiger partial charge on any atom is -0.465 e. The monoisotopic (exact) mass is 452 g/mol. The van der Waals surface area contributed by atoms with Gasteiger partial charge in [0.25, 0.3) is 5.56 Å². The zero-order chi connectivity index (χ0) is 22.8. The number of fused-ring (bicyclic) bond motifs is 1. The molecule has 2 aromatic heterocycles. The summed E-state index contributed by atoms with van der Waals surface area (Å²) in [6.07, 6.45) is 3.17. The molecule has 1 aliphatic rings. The highest BCUT2D eigenvalue weighted by molar-refractivity contribution is 7.07. The van der Waals surface area contributed by atoms with E-state index in [1.807, 2.05) is 0 Å². The Hall–Kier alpha value is -3.72. The fraction of sp³-hybridized carbons (Fsp3) is 0.217. The van der Waals surface area contributed by atoms with Gasteiger partial charge in [0.2, 0.25) is 0 Å². The predicted molar refractivity (Wildman–Crippen MR) is 117 cm³/mol. The van der Waals surface area contributed by atoms with E-state index in [0.717, 1.165) is 0 Å². The van der Waals surface area contributed by atoms with Crippen LogP contribution in [-0.2, 0) is 14.3 Å². The van der Waals surface area contributed by atoms with Crippen molar-refractivity contribution in [3.8, 4) is 5.75 Å². The van der Waals surface area contributed by atoms with Crippen LogP contribution in [0.25, 0.3) is 6.08 Å². The molecule has 164 valence electrons. The first-order valence-corrected chi connectivity index (χ1v) is 10.7.